The molecule has 3 rings (SSSR count). The fourth-order valence-electron chi connectivity index (χ4n) is 2.93. The largest absolute Gasteiger partial charge is 0.393 e. The number of nitrogens with one attached hydrogen (secondary N) is 2. The second-order valence-electron chi connectivity index (χ2n) is 5.57. The summed E-state index contributed by atoms with van der Waals surface area (Å²) in [6.07, 6.45) is 5.10. The van der Waals surface area contributed by atoms with Crippen LogP contribution in [0, 0.1) is 0 Å². The average Bonchev–Trinajstić information content (AvgIpc) is 2.42. The van der Waals surface area contributed by atoms with Crippen LogP contribution in [0.4, 0.5) is 11.4 Å². The van der Waals surface area contributed by atoms with Gasteiger partial charge in [-0.3, -0.25) is 4.79 Å². The molecule has 3 N–H and O–H groups in total. The molecule has 1 amide bonds. The van der Waals surface area contributed by atoms with E-state index in [0.717, 1.165) is 43.5 Å². The van der Waals surface area contributed by atoms with Crippen molar-refractivity contribution in [2.45, 2.75) is 50.7 Å². The topological polar surface area (TPSA) is 61.4 Å². The highest BCUT2D eigenvalue weighted by Crippen LogP contribution is 2.28. The Morgan fingerprint density at radius 1 is 1.16 bits per heavy atom. The first-order valence-electron chi connectivity index (χ1n) is 7.08. The van der Waals surface area contributed by atoms with Crippen molar-refractivity contribution in [3.05, 3.63) is 23.8 Å². The van der Waals surface area contributed by atoms with E-state index in [1.807, 2.05) is 12.1 Å². The van der Waals surface area contributed by atoms with Gasteiger partial charge >= 0.3 is 0 Å². The number of anilines is 2. The lowest BCUT2D eigenvalue weighted by Crippen LogP contribution is -2.28. The highest BCUT2D eigenvalue weighted by atomic mass is 16.3. The highest BCUT2D eigenvalue weighted by Gasteiger charge is 2.20. The molecule has 19 heavy (non-hydrogen) atoms. The lowest BCUT2D eigenvalue weighted by molar-refractivity contribution is -0.116. The second kappa shape index (κ2) is 5.21. The summed E-state index contributed by atoms with van der Waals surface area (Å²) in [6.45, 7) is 0. The third-order valence-corrected chi connectivity index (χ3v) is 4.07. The van der Waals surface area contributed by atoms with Crippen molar-refractivity contribution in [1.29, 1.82) is 0 Å². The summed E-state index contributed by atoms with van der Waals surface area (Å²) in [5.41, 5.74) is 3.28. The van der Waals surface area contributed by atoms with E-state index in [1.165, 1.54) is 5.56 Å². The number of rotatable bonds is 2. The Balaban J connectivity index is 1.67. The van der Waals surface area contributed by atoms with Crippen LogP contribution in [0.2, 0.25) is 0 Å². The molecular formula is C15H20N2O2. The number of aryl methyl sites for hydroxylation is 1. The maximum atomic E-state index is 11.3. The Hall–Kier alpha value is -1.55. The van der Waals surface area contributed by atoms with Gasteiger partial charge in [0.15, 0.2) is 0 Å². The van der Waals surface area contributed by atoms with Crippen molar-refractivity contribution in [2.24, 2.45) is 0 Å². The van der Waals surface area contributed by atoms with Gasteiger partial charge in [-0.2, -0.15) is 0 Å². The molecule has 1 aromatic rings. The molecule has 0 spiro atoms. The van der Waals surface area contributed by atoms with E-state index in [1.54, 1.807) is 0 Å². The first kappa shape index (κ1) is 12.5. The summed E-state index contributed by atoms with van der Waals surface area (Å²) in [4.78, 5) is 11.3. The van der Waals surface area contributed by atoms with Crippen LogP contribution in [-0.4, -0.2) is 23.2 Å². The molecule has 0 saturated heterocycles. The SMILES string of the molecule is O=C1CCc2cc(NC3CCC(O)CC3)ccc2N1. The zero-order chi connectivity index (χ0) is 13.2. The van der Waals surface area contributed by atoms with Crippen LogP contribution in [0.5, 0.6) is 0 Å². The zero-order valence-corrected chi connectivity index (χ0v) is 11.0. The Labute approximate surface area is 113 Å². The summed E-state index contributed by atoms with van der Waals surface area (Å²) in [7, 11) is 0. The van der Waals surface area contributed by atoms with Crippen molar-refractivity contribution in [3.8, 4) is 0 Å². The van der Waals surface area contributed by atoms with Crippen LogP contribution in [0.1, 0.15) is 37.7 Å². The quantitative estimate of drug-likeness (QED) is 0.764. The summed E-state index contributed by atoms with van der Waals surface area (Å²) in [5, 5.41) is 15.9. The van der Waals surface area contributed by atoms with Gasteiger partial charge < -0.3 is 15.7 Å². The zero-order valence-electron chi connectivity index (χ0n) is 11.0. The predicted octanol–water partition coefficient (Wildman–Crippen LogP) is 2.29. The van der Waals surface area contributed by atoms with Crippen molar-refractivity contribution in [1.82, 2.24) is 0 Å². The Morgan fingerprint density at radius 2 is 1.95 bits per heavy atom. The van der Waals surface area contributed by atoms with E-state index in [4.69, 9.17) is 0 Å². The molecule has 1 heterocycles. The molecule has 0 aromatic heterocycles. The van der Waals surface area contributed by atoms with Gasteiger partial charge in [0.25, 0.3) is 0 Å². The Bertz CT molecular complexity index is 479. The number of carbonyl (C=O) groups excluding carboxylic acids is 1. The van der Waals surface area contributed by atoms with Crippen LogP contribution in [-0.2, 0) is 11.2 Å². The molecule has 0 bridgehead atoms. The van der Waals surface area contributed by atoms with Gasteiger partial charge in [0, 0.05) is 23.8 Å². The molecule has 1 fully saturated rings. The fraction of sp³-hybridized carbons (Fsp3) is 0.533. The number of hydrogen-bond donors (Lipinski definition) is 3. The van der Waals surface area contributed by atoms with Crippen LogP contribution in [0.15, 0.2) is 18.2 Å². The molecule has 1 aliphatic carbocycles. The minimum atomic E-state index is -0.114. The predicted molar refractivity (Wildman–Crippen MR) is 75.3 cm³/mol. The number of carbonyl (C=O) groups is 1. The molecule has 4 nitrogen and oxygen atoms in total. The van der Waals surface area contributed by atoms with Gasteiger partial charge in [-0.05, 0) is 55.9 Å². The van der Waals surface area contributed by atoms with Crippen LogP contribution in [0.3, 0.4) is 0 Å². The number of aliphatic hydroxyl groups excluding tert-OH is 1. The third-order valence-electron chi connectivity index (χ3n) is 4.07. The van der Waals surface area contributed by atoms with Crippen molar-refractivity contribution < 1.29 is 9.90 Å². The smallest absolute Gasteiger partial charge is 0.224 e. The molecule has 2 aliphatic rings. The molecule has 1 aromatic carbocycles. The Morgan fingerprint density at radius 3 is 2.74 bits per heavy atom. The summed E-state index contributed by atoms with van der Waals surface area (Å²) in [5.74, 6) is 0.106. The minimum absolute atomic E-state index is 0.106. The molecule has 4 heteroatoms. The summed E-state index contributed by atoms with van der Waals surface area (Å²) < 4.78 is 0. The number of aliphatic hydroxyl groups is 1. The van der Waals surface area contributed by atoms with E-state index >= 15 is 0 Å². The fourth-order valence-corrected chi connectivity index (χ4v) is 2.93. The van der Waals surface area contributed by atoms with Gasteiger partial charge in [-0.15, -0.1) is 0 Å². The first-order valence-corrected chi connectivity index (χ1v) is 7.08. The molecule has 1 saturated carbocycles. The minimum Gasteiger partial charge on any atom is -0.393 e. The molecular weight excluding hydrogens is 240 g/mol. The van der Waals surface area contributed by atoms with E-state index in [2.05, 4.69) is 16.7 Å². The lowest BCUT2D eigenvalue weighted by Gasteiger charge is -2.27. The van der Waals surface area contributed by atoms with E-state index in [9.17, 15) is 9.90 Å². The Kier molecular flexibility index (Phi) is 3.42. The van der Waals surface area contributed by atoms with Gasteiger partial charge in [0.05, 0.1) is 6.10 Å². The van der Waals surface area contributed by atoms with Crippen LogP contribution < -0.4 is 10.6 Å². The number of benzene rings is 1. The van der Waals surface area contributed by atoms with Gasteiger partial charge in [-0.25, -0.2) is 0 Å². The number of fused-ring (bicyclic) bond motifs is 1. The molecule has 102 valence electrons. The van der Waals surface area contributed by atoms with E-state index in [-0.39, 0.29) is 12.0 Å². The number of amides is 1. The van der Waals surface area contributed by atoms with Gasteiger partial charge in [0.2, 0.25) is 5.91 Å². The van der Waals surface area contributed by atoms with E-state index < -0.39 is 0 Å². The maximum absolute atomic E-state index is 11.3. The molecule has 0 radical (unpaired) electrons. The summed E-state index contributed by atoms with van der Waals surface area (Å²) in [6, 6.07) is 6.60. The van der Waals surface area contributed by atoms with Crippen molar-refractivity contribution >= 4 is 17.3 Å². The van der Waals surface area contributed by atoms with Gasteiger partial charge in [-0.1, -0.05) is 0 Å². The highest BCUT2D eigenvalue weighted by molar-refractivity contribution is 5.94. The normalized spacial score (nSPS) is 26.5. The maximum Gasteiger partial charge on any atom is 0.224 e. The van der Waals surface area contributed by atoms with E-state index in [0.29, 0.717) is 12.5 Å². The molecule has 1 aliphatic heterocycles. The first-order chi connectivity index (χ1) is 9.20. The number of hydrogen-bond acceptors (Lipinski definition) is 3. The van der Waals surface area contributed by atoms with Crippen molar-refractivity contribution in [3.63, 3.8) is 0 Å². The van der Waals surface area contributed by atoms with Gasteiger partial charge in [0.1, 0.15) is 0 Å². The average molecular weight is 260 g/mol. The summed E-state index contributed by atoms with van der Waals surface area (Å²) >= 11 is 0. The molecule has 0 unspecified atom stereocenters. The molecule has 0 atom stereocenters. The standard InChI is InChI=1S/C15H20N2O2/c18-13-5-2-11(3-6-13)16-12-4-7-14-10(9-12)1-8-15(19)17-14/h4,7,9,11,13,16,18H,1-3,5-6,8H2,(H,17,19). The van der Waals surface area contributed by atoms with Crippen molar-refractivity contribution in [2.75, 3.05) is 10.6 Å². The monoisotopic (exact) mass is 260 g/mol. The van der Waals surface area contributed by atoms with Crippen LogP contribution in [0.25, 0.3) is 0 Å². The third kappa shape index (κ3) is 2.89. The van der Waals surface area contributed by atoms with Crippen LogP contribution >= 0.6 is 0 Å². The lowest BCUT2D eigenvalue weighted by atomic mass is 9.93. The second-order valence-corrected chi connectivity index (χ2v) is 5.57.